The van der Waals surface area contributed by atoms with Crippen LogP contribution in [0.2, 0.25) is 0 Å². The molecule has 8 nitrogen and oxygen atoms in total. The Morgan fingerprint density at radius 1 is 0.889 bits per heavy atom. The van der Waals surface area contributed by atoms with Gasteiger partial charge in [0, 0.05) is 0 Å². The summed E-state index contributed by atoms with van der Waals surface area (Å²) in [6, 6.07) is 0. The third-order valence-electron chi connectivity index (χ3n) is 1.25. The minimum atomic E-state index is -4.64. The molecule has 2 unspecified atom stereocenters. The first-order valence-electron chi connectivity index (χ1n) is 3.80. The summed E-state index contributed by atoms with van der Waals surface area (Å²) in [5.74, 6) is -0.959. The predicted molar refractivity (Wildman–Crippen MR) is 71.0 cm³/mol. The van der Waals surface area contributed by atoms with Crippen LogP contribution >= 0.6 is 7.82 Å². The van der Waals surface area contributed by atoms with E-state index in [9.17, 15) is 9.59 Å². The Morgan fingerprint density at radius 3 is 1.22 bits per heavy atom. The van der Waals surface area contributed by atoms with Crippen molar-refractivity contribution in [3.63, 3.8) is 0 Å². The van der Waals surface area contributed by atoms with E-state index >= 15 is 0 Å². The Kier molecular flexibility index (Phi) is 21.7. The summed E-state index contributed by atoms with van der Waals surface area (Å²) < 4.78 is 18.1. The first-order chi connectivity index (χ1) is 6.61. The van der Waals surface area contributed by atoms with Crippen molar-refractivity contribution in [2.75, 3.05) is 0 Å². The van der Waals surface area contributed by atoms with Crippen molar-refractivity contribution >= 4 is 133 Å². The molecule has 0 aromatic rings. The number of rotatable bonds is 0. The molecule has 0 spiro atoms. The van der Waals surface area contributed by atoms with E-state index in [0.717, 1.165) is 0 Å². The maximum atomic E-state index is 10.7. The number of hydrogen-bond acceptors (Lipinski definition) is 5. The van der Waals surface area contributed by atoms with Crippen LogP contribution in [0.5, 0.6) is 0 Å². The van der Waals surface area contributed by atoms with Crippen molar-refractivity contribution < 1.29 is 38.3 Å². The van der Waals surface area contributed by atoms with Gasteiger partial charge in [-0.25, -0.2) is 14.2 Å². The molecule has 1 aliphatic heterocycles. The predicted octanol–water partition coefficient (Wildman–Crippen LogP) is -3.81. The van der Waals surface area contributed by atoms with Crippen LogP contribution in [-0.4, -0.2) is 152 Å². The molecule has 18 heavy (non-hydrogen) atoms. The second kappa shape index (κ2) is 13.5. The van der Waals surface area contributed by atoms with Gasteiger partial charge in [-0.1, -0.05) is 0 Å². The number of hydrogen-bond donors (Lipinski definition) is 3. The number of carbonyl (C=O) groups excluding carboxylic acids is 2. The average Bonchev–Trinajstić information content (AvgIpc) is 1.98. The number of esters is 2. The van der Waals surface area contributed by atoms with Gasteiger partial charge in [-0.3, -0.25) is 0 Å². The summed E-state index contributed by atoms with van der Waals surface area (Å²) >= 11 is 0. The van der Waals surface area contributed by atoms with Gasteiger partial charge < -0.3 is 24.2 Å². The first-order valence-corrected chi connectivity index (χ1v) is 5.37. The fourth-order valence-electron chi connectivity index (χ4n) is 0.636. The summed E-state index contributed by atoms with van der Waals surface area (Å²) in [6.07, 6.45) is -1.49. The molecule has 1 aliphatic rings. The second-order valence-electron chi connectivity index (χ2n) is 2.67. The zero-order valence-corrected chi connectivity index (χ0v) is 8.88. The zero-order valence-electron chi connectivity index (χ0n) is 7.98. The van der Waals surface area contributed by atoms with E-state index in [1.165, 1.54) is 13.8 Å². The molecule has 0 aromatic carbocycles. The number of phosphoric acid groups is 1. The van der Waals surface area contributed by atoms with Crippen molar-refractivity contribution in [1.29, 1.82) is 0 Å². The standard InChI is InChI=1S/C6H8O4.3Ca.H3O4P.6H/c1-3-5(7)10-4(2)6(8)9-3;;;;1-5(2,3)4;;;;;;/h3-4H,1-2H3;;;;(H3,1,2,3,4);;;;;;. The summed E-state index contributed by atoms with van der Waals surface area (Å²) in [6.45, 7) is 2.96. The average molecular weight is 368 g/mol. The summed E-state index contributed by atoms with van der Waals surface area (Å²) in [4.78, 5) is 42.9. The van der Waals surface area contributed by atoms with Gasteiger partial charge in [0.05, 0.1) is 0 Å². The minimum absolute atomic E-state index is 0. The summed E-state index contributed by atoms with van der Waals surface area (Å²) in [7, 11) is -4.64. The van der Waals surface area contributed by atoms with Crippen molar-refractivity contribution in [2.24, 2.45) is 0 Å². The van der Waals surface area contributed by atoms with Crippen LogP contribution in [0.15, 0.2) is 0 Å². The quantitative estimate of drug-likeness (QED) is 0.225. The third kappa shape index (κ3) is 16.9. The van der Waals surface area contributed by atoms with Gasteiger partial charge in [0.25, 0.3) is 0 Å². The molecule has 0 amide bonds. The van der Waals surface area contributed by atoms with Crippen LogP contribution in [0.1, 0.15) is 13.8 Å². The van der Waals surface area contributed by atoms with Gasteiger partial charge in [0.15, 0.2) is 12.2 Å². The van der Waals surface area contributed by atoms with Gasteiger partial charge >= 0.3 is 133 Å². The van der Waals surface area contributed by atoms with Crippen molar-refractivity contribution in [1.82, 2.24) is 0 Å². The molecule has 1 fully saturated rings. The molecule has 0 bridgehead atoms. The fraction of sp³-hybridized carbons (Fsp3) is 0.667. The Hall–Kier alpha value is 2.83. The van der Waals surface area contributed by atoms with E-state index in [0.29, 0.717) is 0 Å². The van der Waals surface area contributed by atoms with Crippen molar-refractivity contribution in [3.8, 4) is 0 Å². The van der Waals surface area contributed by atoms with Crippen molar-refractivity contribution in [2.45, 2.75) is 26.1 Å². The zero-order chi connectivity index (χ0) is 12.2. The molecule has 0 radical (unpaired) electrons. The Labute approximate surface area is 193 Å². The molecule has 2 atom stereocenters. The Bertz CT molecular complexity index is 277. The summed E-state index contributed by atoms with van der Waals surface area (Å²) in [5, 5.41) is 0. The number of carbonyl (C=O) groups is 2. The van der Waals surface area contributed by atoms with E-state index < -0.39 is 32.0 Å². The molecule has 1 saturated heterocycles. The van der Waals surface area contributed by atoms with Crippen molar-refractivity contribution in [3.05, 3.63) is 0 Å². The van der Waals surface area contributed by atoms with Crippen LogP contribution < -0.4 is 0 Å². The topological polar surface area (TPSA) is 130 Å². The van der Waals surface area contributed by atoms with Gasteiger partial charge in [-0.05, 0) is 13.8 Å². The van der Waals surface area contributed by atoms with E-state index in [-0.39, 0.29) is 113 Å². The molecular formula is C6H17Ca3O8P. The van der Waals surface area contributed by atoms with Gasteiger partial charge in [0.2, 0.25) is 0 Å². The molecular weight excluding hydrogens is 351 g/mol. The molecule has 0 aliphatic carbocycles. The summed E-state index contributed by atoms with van der Waals surface area (Å²) in [5.41, 5.74) is 0. The molecule has 1 rings (SSSR count). The molecule has 100 valence electrons. The van der Waals surface area contributed by atoms with E-state index in [4.69, 9.17) is 19.2 Å². The molecule has 0 aromatic heterocycles. The molecule has 3 N–H and O–H groups in total. The molecule has 12 heteroatoms. The van der Waals surface area contributed by atoms with Gasteiger partial charge in [-0.15, -0.1) is 0 Å². The van der Waals surface area contributed by atoms with Crippen LogP contribution in [0.3, 0.4) is 0 Å². The second-order valence-corrected chi connectivity index (χ2v) is 3.70. The van der Waals surface area contributed by atoms with Crippen LogP contribution in [0.25, 0.3) is 0 Å². The number of cyclic esters (lactones) is 2. The fourth-order valence-corrected chi connectivity index (χ4v) is 0.636. The normalized spacial score (nSPS) is 21.6. The van der Waals surface area contributed by atoms with E-state index in [2.05, 4.69) is 9.47 Å². The third-order valence-corrected chi connectivity index (χ3v) is 1.25. The SMILES string of the molecule is CC1OC(=O)C(C)OC1=O.O=P(O)(O)O.[CaH2].[CaH2].[CaH2]. The monoisotopic (exact) mass is 368 g/mol. The van der Waals surface area contributed by atoms with Gasteiger partial charge in [0.1, 0.15) is 0 Å². The molecule has 1 heterocycles. The first kappa shape index (κ1) is 28.9. The van der Waals surface area contributed by atoms with E-state index in [1.54, 1.807) is 0 Å². The Balaban J connectivity index is -0.000000109. The van der Waals surface area contributed by atoms with Crippen LogP contribution in [0.4, 0.5) is 0 Å². The Morgan fingerprint density at radius 2 is 1.06 bits per heavy atom. The number of ether oxygens (including phenoxy) is 2. The van der Waals surface area contributed by atoms with E-state index in [1.807, 2.05) is 0 Å². The van der Waals surface area contributed by atoms with Crippen LogP contribution in [0, 0.1) is 0 Å². The van der Waals surface area contributed by atoms with Crippen LogP contribution in [-0.2, 0) is 23.6 Å². The molecule has 0 saturated carbocycles. The maximum absolute atomic E-state index is 10.7. The van der Waals surface area contributed by atoms with Gasteiger partial charge in [-0.2, -0.15) is 0 Å².